The molecule has 0 bridgehead atoms. The van der Waals surface area contributed by atoms with Crippen molar-refractivity contribution in [3.8, 4) is 5.88 Å². The number of hydrogen-bond donors (Lipinski definition) is 1. The van der Waals surface area contributed by atoms with Crippen molar-refractivity contribution in [3.63, 3.8) is 0 Å². The van der Waals surface area contributed by atoms with Gasteiger partial charge in [-0.3, -0.25) is 0 Å². The van der Waals surface area contributed by atoms with Crippen molar-refractivity contribution in [3.05, 3.63) is 11.6 Å². The minimum atomic E-state index is 0.544. The van der Waals surface area contributed by atoms with Gasteiger partial charge in [-0.1, -0.05) is 18.3 Å². The Morgan fingerprint density at radius 1 is 1.50 bits per heavy atom. The Labute approximate surface area is 85.7 Å². The summed E-state index contributed by atoms with van der Waals surface area (Å²) in [4.78, 5) is 9.34. The molecule has 0 amide bonds. The van der Waals surface area contributed by atoms with Crippen LogP contribution in [-0.4, -0.2) is 17.1 Å². The van der Waals surface area contributed by atoms with Crippen LogP contribution >= 0.6 is 11.3 Å². The Bertz CT molecular complexity index is 425. The van der Waals surface area contributed by atoms with E-state index in [1.807, 2.05) is 6.07 Å². The van der Waals surface area contributed by atoms with E-state index >= 15 is 0 Å². The lowest BCUT2D eigenvalue weighted by molar-refractivity contribution is 0.395. The first kappa shape index (κ1) is 9.21. The van der Waals surface area contributed by atoms with Crippen molar-refractivity contribution >= 4 is 26.8 Å². The first-order chi connectivity index (χ1) is 6.74. The Morgan fingerprint density at radius 2 is 2.29 bits per heavy atom. The predicted molar refractivity (Wildman–Crippen MR) is 57.8 cm³/mol. The molecule has 0 spiro atoms. The highest BCUT2D eigenvalue weighted by Crippen LogP contribution is 2.27. The van der Waals surface area contributed by atoms with Crippen LogP contribution in [0.25, 0.3) is 10.3 Å². The van der Waals surface area contributed by atoms with Gasteiger partial charge in [0.05, 0.1) is 7.11 Å². The second kappa shape index (κ2) is 3.42. The lowest BCUT2D eigenvalue weighted by atomic mass is 10.2. The lowest BCUT2D eigenvalue weighted by Gasteiger charge is -2.03. The minimum Gasteiger partial charge on any atom is -0.481 e. The number of thiazole rings is 1. The maximum absolute atomic E-state index is 5.60. The highest BCUT2D eigenvalue weighted by atomic mass is 32.1. The van der Waals surface area contributed by atoms with Crippen LogP contribution in [0.2, 0.25) is 0 Å². The molecule has 2 N–H and O–H groups in total. The highest BCUT2D eigenvalue weighted by Gasteiger charge is 2.08. The Balaban J connectivity index is 2.68. The number of nitrogens with zero attached hydrogens (tertiary/aromatic N) is 2. The van der Waals surface area contributed by atoms with Crippen molar-refractivity contribution in [2.24, 2.45) is 0 Å². The number of methoxy groups -OCH3 is 1. The Morgan fingerprint density at radius 3 is 2.93 bits per heavy atom. The van der Waals surface area contributed by atoms with Gasteiger partial charge in [-0.05, 0) is 12.5 Å². The number of fused-ring (bicyclic) bond motifs is 1. The molecule has 74 valence electrons. The molecule has 2 aromatic heterocycles. The van der Waals surface area contributed by atoms with Gasteiger partial charge in [0.2, 0.25) is 5.88 Å². The fourth-order valence-corrected chi connectivity index (χ4v) is 2.02. The molecule has 0 atom stereocenters. The highest BCUT2D eigenvalue weighted by molar-refractivity contribution is 7.21. The first-order valence-corrected chi connectivity index (χ1v) is 5.16. The van der Waals surface area contributed by atoms with Crippen LogP contribution < -0.4 is 10.5 Å². The van der Waals surface area contributed by atoms with Gasteiger partial charge in [-0.2, -0.15) is 0 Å². The third-order valence-electron chi connectivity index (χ3n) is 2.01. The number of pyridine rings is 1. The molecular formula is C9H11N3OS. The smallest absolute Gasteiger partial charge is 0.217 e. The third-order valence-corrected chi connectivity index (χ3v) is 2.81. The summed E-state index contributed by atoms with van der Waals surface area (Å²) in [6, 6.07) is 1.98. The molecule has 4 nitrogen and oxygen atoms in total. The molecule has 0 aliphatic carbocycles. The van der Waals surface area contributed by atoms with E-state index in [1.54, 1.807) is 7.11 Å². The van der Waals surface area contributed by atoms with Crippen molar-refractivity contribution in [2.45, 2.75) is 13.3 Å². The molecule has 0 unspecified atom stereocenters. The van der Waals surface area contributed by atoms with E-state index in [2.05, 4.69) is 16.9 Å². The van der Waals surface area contributed by atoms with Crippen molar-refractivity contribution in [1.82, 2.24) is 9.97 Å². The zero-order valence-corrected chi connectivity index (χ0v) is 8.89. The summed E-state index contributed by atoms with van der Waals surface area (Å²) in [7, 11) is 1.62. The maximum atomic E-state index is 5.60. The topological polar surface area (TPSA) is 61.0 Å². The number of rotatable bonds is 2. The number of aromatic nitrogens is 2. The number of nitrogen functional groups attached to an aromatic ring is 1. The quantitative estimate of drug-likeness (QED) is 0.819. The first-order valence-electron chi connectivity index (χ1n) is 4.34. The molecule has 0 saturated carbocycles. The van der Waals surface area contributed by atoms with E-state index in [9.17, 15) is 0 Å². The number of anilines is 1. The van der Waals surface area contributed by atoms with Gasteiger partial charge in [-0.15, -0.1) is 0 Å². The monoisotopic (exact) mass is 209 g/mol. The summed E-state index contributed by atoms with van der Waals surface area (Å²) >= 11 is 1.38. The van der Waals surface area contributed by atoms with Gasteiger partial charge in [0.25, 0.3) is 0 Å². The van der Waals surface area contributed by atoms with E-state index < -0.39 is 0 Å². The molecule has 0 radical (unpaired) electrons. The standard InChI is InChI=1S/C9H11N3OS/c1-3-5-4-6-8(12-7(5)13-2)14-9(10)11-6/h4H,3H2,1-2H3,(H2,10,11). The molecule has 0 saturated heterocycles. The van der Waals surface area contributed by atoms with E-state index in [4.69, 9.17) is 10.5 Å². The number of nitrogens with two attached hydrogens (primary N) is 1. The number of ether oxygens (including phenoxy) is 1. The third kappa shape index (κ3) is 1.39. The molecule has 14 heavy (non-hydrogen) atoms. The van der Waals surface area contributed by atoms with Crippen molar-refractivity contribution < 1.29 is 4.74 Å². The van der Waals surface area contributed by atoms with E-state index in [1.165, 1.54) is 11.3 Å². The van der Waals surface area contributed by atoms with Crippen LogP contribution in [0.3, 0.4) is 0 Å². The maximum Gasteiger partial charge on any atom is 0.217 e. The second-order valence-electron chi connectivity index (χ2n) is 2.89. The largest absolute Gasteiger partial charge is 0.481 e. The van der Waals surface area contributed by atoms with Gasteiger partial charge in [-0.25, -0.2) is 9.97 Å². The van der Waals surface area contributed by atoms with E-state index in [0.29, 0.717) is 11.0 Å². The van der Waals surface area contributed by atoms with E-state index in [0.717, 1.165) is 22.3 Å². The SMILES string of the molecule is CCc1cc2nc(N)sc2nc1OC. The zero-order chi connectivity index (χ0) is 10.1. The molecule has 0 aromatic carbocycles. The summed E-state index contributed by atoms with van der Waals surface area (Å²) in [6.45, 7) is 2.06. The van der Waals surface area contributed by atoms with Gasteiger partial charge < -0.3 is 10.5 Å². The summed E-state index contributed by atoms with van der Waals surface area (Å²) in [5.41, 5.74) is 7.51. The zero-order valence-electron chi connectivity index (χ0n) is 8.07. The van der Waals surface area contributed by atoms with Crippen LogP contribution in [0.5, 0.6) is 5.88 Å². The average Bonchev–Trinajstić information content (AvgIpc) is 2.54. The minimum absolute atomic E-state index is 0.544. The molecule has 2 heterocycles. The predicted octanol–water partition coefficient (Wildman–Crippen LogP) is 1.84. The lowest BCUT2D eigenvalue weighted by Crippen LogP contribution is -1.93. The summed E-state index contributed by atoms with van der Waals surface area (Å²) < 4.78 is 5.18. The normalized spacial score (nSPS) is 10.7. The molecule has 2 rings (SSSR count). The molecule has 0 fully saturated rings. The molecule has 2 aromatic rings. The van der Waals surface area contributed by atoms with Crippen molar-refractivity contribution in [2.75, 3.05) is 12.8 Å². The average molecular weight is 209 g/mol. The molecule has 5 heteroatoms. The van der Waals surface area contributed by atoms with E-state index in [-0.39, 0.29) is 0 Å². The molecule has 0 aliphatic rings. The number of aryl methyl sites for hydroxylation is 1. The number of hydrogen-bond acceptors (Lipinski definition) is 5. The Kier molecular flexibility index (Phi) is 2.25. The fourth-order valence-electron chi connectivity index (χ4n) is 1.34. The second-order valence-corrected chi connectivity index (χ2v) is 3.90. The molecular weight excluding hydrogens is 198 g/mol. The Hall–Kier alpha value is -1.36. The van der Waals surface area contributed by atoms with Crippen LogP contribution in [0.4, 0.5) is 5.13 Å². The fraction of sp³-hybridized carbons (Fsp3) is 0.333. The van der Waals surface area contributed by atoms with Crippen LogP contribution in [-0.2, 0) is 6.42 Å². The molecule has 0 aliphatic heterocycles. The van der Waals surface area contributed by atoms with Gasteiger partial charge in [0, 0.05) is 5.56 Å². The van der Waals surface area contributed by atoms with Crippen LogP contribution in [0, 0.1) is 0 Å². The van der Waals surface area contributed by atoms with Gasteiger partial charge >= 0.3 is 0 Å². The summed E-state index contributed by atoms with van der Waals surface area (Å²) in [6.07, 6.45) is 0.879. The van der Waals surface area contributed by atoms with Gasteiger partial charge in [0.15, 0.2) is 5.13 Å². The van der Waals surface area contributed by atoms with Gasteiger partial charge in [0.1, 0.15) is 10.3 Å². The van der Waals surface area contributed by atoms with Crippen molar-refractivity contribution in [1.29, 1.82) is 0 Å². The van der Waals surface area contributed by atoms with Crippen LogP contribution in [0.15, 0.2) is 6.07 Å². The summed E-state index contributed by atoms with van der Waals surface area (Å²) in [5.74, 6) is 0.670. The van der Waals surface area contributed by atoms with Crippen LogP contribution in [0.1, 0.15) is 12.5 Å². The summed E-state index contributed by atoms with van der Waals surface area (Å²) in [5, 5.41) is 0.544.